The summed E-state index contributed by atoms with van der Waals surface area (Å²) in [5.41, 5.74) is 4.46. The van der Waals surface area contributed by atoms with Gasteiger partial charge in [-0.1, -0.05) is 24.3 Å². The summed E-state index contributed by atoms with van der Waals surface area (Å²) < 4.78 is 27.7. The first-order valence-corrected chi connectivity index (χ1v) is 12.4. The molecule has 1 N–H and O–H groups in total. The van der Waals surface area contributed by atoms with E-state index in [0.29, 0.717) is 36.8 Å². The lowest BCUT2D eigenvalue weighted by molar-refractivity contribution is -0.918. The lowest BCUT2D eigenvalue weighted by Gasteiger charge is -2.33. The molecular formula is C24H30N3O4S+. The van der Waals surface area contributed by atoms with E-state index in [0.717, 1.165) is 27.2 Å². The molecule has 2 fully saturated rings. The molecule has 0 aromatic heterocycles. The molecule has 2 saturated heterocycles. The van der Waals surface area contributed by atoms with Gasteiger partial charge in [0.25, 0.3) is 5.91 Å². The molecule has 2 aromatic carbocycles. The van der Waals surface area contributed by atoms with Gasteiger partial charge in [-0.2, -0.15) is 4.31 Å². The second-order valence-electron chi connectivity index (χ2n) is 8.87. The lowest BCUT2D eigenvalue weighted by Crippen LogP contribution is -3.19. The fourth-order valence-corrected chi connectivity index (χ4v) is 6.26. The summed E-state index contributed by atoms with van der Waals surface area (Å²) in [6, 6.07) is 10.4. The summed E-state index contributed by atoms with van der Waals surface area (Å²) >= 11 is 0. The molecule has 2 heterocycles. The van der Waals surface area contributed by atoms with Crippen LogP contribution in [0.25, 0.3) is 0 Å². The summed E-state index contributed by atoms with van der Waals surface area (Å²) in [6.45, 7) is 9.30. The van der Waals surface area contributed by atoms with Gasteiger partial charge in [-0.15, -0.1) is 0 Å². The zero-order valence-corrected chi connectivity index (χ0v) is 19.8. The summed E-state index contributed by atoms with van der Waals surface area (Å²) in [5, 5.41) is 0. The fourth-order valence-electron chi connectivity index (χ4n) is 4.73. The van der Waals surface area contributed by atoms with Crippen molar-refractivity contribution in [2.24, 2.45) is 0 Å². The van der Waals surface area contributed by atoms with Crippen molar-refractivity contribution >= 4 is 27.5 Å². The molecule has 170 valence electrons. The largest absolute Gasteiger partial charge is 0.322 e. The normalized spacial score (nSPS) is 20.9. The lowest BCUT2D eigenvalue weighted by atomic mass is 10.1. The van der Waals surface area contributed by atoms with Crippen LogP contribution in [0, 0.1) is 27.7 Å². The molecule has 0 saturated carbocycles. The average molecular weight is 457 g/mol. The number of carbonyl (C=O) groups excluding carboxylic acids is 2. The van der Waals surface area contributed by atoms with E-state index >= 15 is 0 Å². The number of nitrogens with one attached hydrogen (secondary N) is 1. The van der Waals surface area contributed by atoms with E-state index in [1.807, 2.05) is 52.0 Å². The van der Waals surface area contributed by atoms with Gasteiger partial charge < -0.3 is 4.90 Å². The van der Waals surface area contributed by atoms with Crippen molar-refractivity contribution in [3.63, 3.8) is 0 Å². The van der Waals surface area contributed by atoms with Crippen LogP contribution in [-0.4, -0.2) is 56.8 Å². The van der Waals surface area contributed by atoms with Crippen LogP contribution in [0.2, 0.25) is 0 Å². The number of hydrogen-bond acceptors (Lipinski definition) is 4. The van der Waals surface area contributed by atoms with Gasteiger partial charge in [0.15, 0.2) is 6.04 Å². The van der Waals surface area contributed by atoms with Gasteiger partial charge in [0.05, 0.1) is 43.2 Å². The maximum absolute atomic E-state index is 13.2. The number of imide groups is 1. The van der Waals surface area contributed by atoms with Crippen molar-refractivity contribution in [3.8, 4) is 0 Å². The van der Waals surface area contributed by atoms with Crippen LogP contribution >= 0.6 is 0 Å². The minimum Gasteiger partial charge on any atom is -0.322 e. The third-order valence-electron chi connectivity index (χ3n) is 6.78. The van der Waals surface area contributed by atoms with Gasteiger partial charge in [0.1, 0.15) is 0 Å². The number of hydrogen-bond donors (Lipinski definition) is 1. The minimum absolute atomic E-state index is 0.159. The van der Waals surface area contributed by atoms with E-state index in [4.69, 9.17) is 0 Å². The predicted octanol–water partition coefficient (Wildman–Crippen LogP) is 1.14. The topological polar surface area (TPSA) is 79.2 Å². The number of anilines is 1. The second-order valence-corrected chi connectivity index (χ2v) is 10.8. The van der Waals surface area contributed by atoms with Gasteiger partial charge in [0.2, 0.25) is 15.9 Å². The first-order valence-electron chi connectivity index (χ1n) is 11.0. The van der Waals surface area contributed by atoms with Crippen LogP contribution in [0.1, 0.15) is 28.7 Å². The number of sulfonamides is 1. The molecule has 2 amide bonds. The van der Waals surface area contributed by atoms with Crippen molar-refractivity contribution in [1.82, 2.24) is 4.31 Å². The molecule has 0 aliphatic carbocycles. The van der Waals surface area contributed by atoms with Crippen molar-refractivity contribution in [2.45, 2.75) is 45.1 Å². The molecule has 0 radical (unpaired) electrons. The standard InChI is InChI=1S/C24H29N3O4S/c1-16-8-9-20(14-19(16)4)32(30,31)26-12-10-25(11-13-26)21-15-22(28)27(24(21)29)23-17(2)6-5-7-18(23)3/h5-9,14,21H,10-13,15H2,1-4H3/p+1/t21-/m1/s1. The van der Waals surface area contributed by atoms with E-state index in [2.05, 4.69) is 0 Å². The highest BCUT2D eigenvalue weighted by Crippen LogP contribution is 2.29. The monoisotopic (exact) mass is 456 g/mol. The molecule has 8 heteroatoms. The Morgan fingerprint density at radius 3 is 2.09 bits per heavy atom. The Kier molecular flexibility index (Phi) is 5.96. The molecule has 7 nitrogen and oxygen atoms in total. The van der Waals surface area contributed by atoms with E-state index in [9.17, 15) is 18.0 Å². The molecule has 0 bridgehead atoms. The van der Waals surface area contributed by atoms with Gasteiger partial charge in [-0.3, -0.25) is 9.59 Å². The highest BCUT2D eigenvalue weighted by Gasteiger charge is 2.47. The molecule has 2 aliphatic heterocycles. The number of piperazine rings is 1. The third-order valence-corrected chi connectivity index (χ3v) is 8.68. The van der Waals surface area contributed by atoms with Crippen LogP contribution in [0.3, 0.4) is 0 Å². The smallest absolute Gasteiger partial charge is 0.292 e. The molecule has 2 aromatic rings. The van der Waals surface area contributed by atoms with Gasteiger partial charge in [-0.25, -0.2) is 13.3 Å². The Labute approximate surface area is 189 Å². The van der Waals surface area contributed by atoms with Crippen LogP contribution in [0.4, 0.5) is 5.69 Å². The first-order chi connectivity index (χ1) is 15.1. The molecule has 1 atom stereocenters. The van der Waals surface area contributed by atoms with E-state index in [1.165, 1.54) is 9.21 Å². The zero-order valence-electron chi connectivity index (χ0n) is 19.0. The summed E-state index contributed by atoms with van der Waals surface area (Å²) in [7, 11) is -3.58. The zero-order chi connectivity index (χ0) is 23.2. The molecular weight excluding hydrogens is 426 g/mol. The van der Waals surface area contributed by atoms with Crippen molar-refractivity contribution in [3.05, 3.63) is 58.7 Å². The third kappa shape index (κ3) is 3.87. The van der Waals surface area contributed by atoms with E-state index in [1.54, 1.807) is 12.1 Å². The second kappa shape index (κ2) is 8.42. The molecule has 2 aliphatic rings. The maximum Gasteiger partial charge on any atom is 0.292 e. The SMILES string of the molecule is Cc1ccc(S(=O)(=O)N2CC[NH+]([C@@H]3CC(=O)N(c4c(C)cccc4C)C3=O)CC2)cc1C. The number of benzene rings is 2. The number of amides is 2. The van der Waals surface area contributed by atoms with Crippen LogP contribution in [-0.2, 0) is 19.6 Å². The van der Waals surface area contributed by atoms with Gasteiger partial charge in [0, 0.05) is 0 Å². The highest BCUT2D eigenvalue weighted by atomic mass is 32.2. The Morgan fingerprint density at radius 1 is 0.875 bits per heavy atom. The Hall–Kier alpha value is -2.55. The minimum atomic E-state index is -3.58. The Morgan fingerprint density at radius 2 is 1.50 bits per heavy atom. The molecule has 0 unspecified atom stereocenters. The number of quaternary nitrogens is 1. The summed E-state index contributed by atoms with van der Waals surface area (Å²) in [5.74, 6) is -0.372. The van der Waals surface area contributed by atoms with E-state index in [-0.39, 0.29) is 18.2 Å². The fraction of sp³-hybridized carbons (Fsp3) is 0.417. The predicted molar refractivity (Wildman–Crippen MR) is 122 cm³/mol. The number of rotatable bonds is 4. The molecule has 4 rings (SSSR count). The van der Waals surface area contributed by atoms with Crippen LogP contribution in [0.5, 0.6) is 0 Å². The van der Waals surface area contributed by atoms with Gasteiger partial charge >= 0.3 is 0 Å². The maximum atomic E-state index is 13.2. The first kappa shape index (κ1) is 22.6. The average Bonchev–Trinajstić information content (AvgIpc) is 3.04. The summed E-state index contributed by atoms with van der Waals surface area (Å²) in [6.07, 6.45) is 0.159. The van der Waals surface area contributed by atoms with Crippen molar-refractivity contribution in [1.29, 1.82) is 0 Å². The highest BCUT2D eigenvalue weighted by molar-refractivity contribution is 7.89. The Bertz CT molecular complexity index is 1160. The number of carbonyl (C=O) groups is 2. The van der Waals surface area contributed by atoms with Crippen molar-refractivity contribution < 1.29 is 22.9 Å². The Balaban J connectivity index is 1.48. The van der Waals surface area contributed by atoms with Crippen LogP contribution in [0.15, 0.2) is 41.3 Å². The molecule has 32 heavy (non-hydrogen) atoms. The van der Waals surface area contributed by atoms with Gasteiger partial charge in [-0.05, 0) is 62.1 Å². The molecule has 0 spiro atoms. The number of nitrogens with zero attached hydrogens (tertiary/aromatic N) is 2. The quantitative estimate of drug-likeness (QED) is 0.700. The van der Waals surface area contributed by atoms with E-state index < -0.39 is 16.1 Å². The van der Waals surface area contributed by atoms with Crippen LogP contribution < -0.4 is 9.80 Å². The van der Waals surface area contributed by atoms with Crippen molar-refractivity contribution in [2.75, 3.05) is 31.1 Å². The number of aryl methyl sites for hydroxylation is 4. The number of para-hydroxylation sites is 1. The summed E-state index contributed by atoms with van der Waals surface area (Å²) in [4.78, 5) is 28.7.